The first-order valence-electron chi connectivity index (χ1n) is 12.7. The van der Waals surface area contributed by atoms with E-state index in [0.717, 1.165) is 22.3 Å². The highest BCUT2D eigenvalue weighted by Crippen LogP contribution is 2.31. The van der Waals surface area contributed by atoms with Crippen LogP contribution in [0.25, 0.3) is 6.08 Å². The van der Waals surface area contributed by atoms with Crippen molar-refractivity contribution in [2.24, 2.45) is 0 Å². The van der Waals surface area contributed by atoms with E-state index in [1.54, 1.807) is 30.6 Å². The zero-order valence-corrected chi connectivity index (χ0v) is 23.1. The number of anilines is 1. The number of aromatic nitrogens is 1. The Morgan fingerprint density at radius 2 is 1.75 bits per heavy atom. The second-order valence-corrected chi connectivity index (χ2v) is 12.1. The minimum atomic E-state index is -3.79. The molecule has 5 rings (SSSR count). The zero-order valence-electron chi connectivity index (χ0n) is 21.5. The summed E-state index contributed by atoms with van der Waals surface area (Å²) < 4.78 is 28.1. The Morgan fingerprint density at radius 3 is 2.48 bits per heavy atom. The van der Waals surface area contributed by atoms with Crippen molar-refractivity contribution in [1.82, 2.24) is 19.5 Å². The maximum Gasteiger partial charge on any atom is 0.293 e. The fourth-order valence-electron chi connectivity index (χ4n) is 4.46. The van der Waals surface area contributed by atoms with Crippen LogP contribution in [0.5, 0.6) is 0 Å². The van der Waals surface area contributed by atoms with Gasteiger partial charge in [-0.05, 0) is 59.8 Å². The molecule has 3 heterocycles. The molecule has 1 aromatic heterocycles. The van der Waals surface area contributed by atoms with Crippen LogP contribution in [0.15, 0.2) is 88.9 Å². The quantitative estimate of drug-likeness (QED) is 0.406. The highest BCUT2D eigenvalue weighted by molar-refractivity contribution is 8.18. The van der Waals surface area contributed by atoms with Crippen LogP contribution in [0.4, 0.5) is 10.5 Å². The average molecular weight is 578 g/mol. The lowest BCUT2D eigenvalue weighted by molar-refractivity contribution is -0.122. The number of nitrogens with one attached hydrogen (secondary N) is 1. The lowest BCUT2D eigenvalue weighted by atomic mass is 10.2. The molecule has 3 aromatic rings. The Morgan fingerprint density at radius 1 is 0.975 bits per heavy atom. The number of nitrogens with zero attached hydrogens (tertiary/aromatic N) is 4. The molecule has 12 heteroatoms. The third-order valence-electron chi connectivity index (χ3n) is 6.57. The smallest absolute Gasteiger partial charge is 0.293 e. The van der Waals surface area contributed by atoms with Crippen LogP contribution in [0.2, 0.25) is 0 Å². The Labute approximate surface area is 236 Å². The van der Waals surface area contributed by atoms with Crippen LogP contribution in [0.3, 0.4) is 0 Å². The van der Waals surface area contributed by atoms with Gasteiger partial charge in [-0.3, -0.25) is 24.3 Å². The van der Waals surface area contributed by atoms with Crippen molar-refractivity contribution in [2.75, 3.05) is 44.2 Å². The molecule has 3 amide bonds. The molecular formula is C28H27N5O5S2. The zero-order chi connectivity index (χ0) is 28.1. The van der Waals surface area contributed by atoms with Crippen LogP contribution in [0, 0.1) is 0 Å². The molecule has 2 fully saturated rings. The molecule has 40 heavy (non-hydrogen) atoms. The molecule has 10 nitrogen and oxygen atoms in total. The van der Waals surface area contributed by atoms with Crippen molar-refractivity contribution >= 4 is 50.6 Å². The number of hydrogen-bond acceptors (Lipinski definition) is 8. The first kappa shape index (κ1) is 27.6. The summed E-state index contributed by atoms with van der Waals surface area (Å²) in [6, 6.07) is 19.2. The van der Waals surface area contributed by atoms with Gasteiger partial charge < -0.3 is 10.2 Å². The van der Waals surface area contributed by atoms with Gasteiger partial charge in [-0.25, -0.2) is 8.42 Å². The van der Waals surface area contributed by atoms with Gasteiger partial charge in [0, 0.05) is 62.9 Å². The van der Waals surface area contributed by atoms with Crippen LogP contribution in [0.1, 0.15) is 15.9 Å². The number of hydrogen-bond donors (Lipinski definition) is 1. The molecule has 1 N–H and O–H groups in total. The van der Waals surface area contributed by atoms with Gasteiger partial charge in [-0.2, -0.15) is 4.31 Å². The van der Waals surface area contributed by atoms with E-state index < -0.39 is 27.1 Å². The van der Waals surface area contributed by atoms with Crippen molar-refractivity contribution in [3.8, 4) is 0 Å². The highest BCUT2D eigenvalue weighted by atomic mass is 32.2. The topological polar surface area (TPSA) is 120 Å². The number of benzene rings is 2. The summed E-state index contributed by atoms with van der Waals surface area (Å²) in [6.07, 6.45) is 4.81. The highest BCUT2D eigenvalue weighted by Gasteiger charge is 2.35. The number of rotatable bonds is 8. The summed E-state index contributed by atoms with van der Waals surface area (Å²) in [5.74, 6) is -0.933. The van der Waals surface area contributed by atoms with Crippen molar-refractivity contribution < 1.29 is 22.8 Å². The van der Waals surface area contributed by atoms with E-state index >= 15 is 0 Å². The lowest BCUT2D eigenvalue weighted by Crippen LogP contribution is -2.48. The van der Waals surface area contributed by atoms with Crippen LogP contribution >= 0.6 is 11.8 Å². The molecule has 0 saturated carbocycles. The predicted octanol–water partition coefficient (Wildman–Crippen LogP) is 3.06. The molecule has 206 valence electrons. The number of amides is 3. The van der Waals surface area contributed by atoms with Gasteiger partial charge in [0.2, 0.25) is 10.0 Å². The van der Waals surface area contributed by atoms with Gasteiger partial charge in [-0.15, -0.1) is 0 Å². The summed E-state index contributed by atoms with van der Waals surface area (Å²) in [5.41, 5.74) is 1.93. The van der Waals surface area contributed by atoms with Gasteiger partial charge >= 0.3 is 0 Å². The number of piperazine rings is 1. The second kappa shape index (κ2) is 12.0. The van der Waals surface area contributed by atoms with Crippen molar-refractivity contribution in [3.05, 3.63) is 95.2 Å². The van der Waals surface area contributed by atoms with Crippen molar-refractivity contribution in [2.45, 2.75) is 4.90 Å². The molecule has 2 saturated heterocycles. The summed E-state index contributed by atoms with van der Waals surface area (Å²) >= 11 is 0.833. The number of thioether (sulfide) groups is 1. The largest absolute Gasteiger partial charge is 0.369 e. The molecule has 2 aliphatic heterocycles. The maximum absolute atomic E-state index is 13.3. The van der Waals surface area contributed by atoms with E-state index in [0.29, 0.717) is 31.7 Å². The Kier molecular flexibility index (Phi) is 8.29. The van der Waals surface area contributed by atoms with Gasteiger partial charge in [0.05, 0.1) is 9.80 Å². The minimum absolute atomic E-state index is 0.00946. The van der Waals surface area contributed by atoms with Crippen LogP contribution in [-0.2, 0) is 14.8 Å². The third kappa shape index (κ3) is 6.09. The second-order valence-electron chi connectivity index (χ2n) is 9.13. The molecular weight excluding hydrogens is 550 g/mol. The Bertz CT molecular complexity index is 1540. The number of carbonyl (C=O) groups excluding carboxylic acids is 3. The first-order chi connectivity index (χ1) is 19.3. The summed E-state index contributed by atoms with van der Waals surface area (Å²) in [4.78, 5) is 45.4. The van der Waals surface area contributed by atoms with Crippen LogP contribution < -0.4 is 10.2 Å². The molecule has 2 aromatic carbocycles. The monoisotopic (exact) mass is 577 g/mol. The molecule has 2 aliphatic rings. The number of carbonyl (C=O) groups is 3. The summed E-state index contributed by atoms with van der Waals surface area (Å²) in [7, 11) is -3.79. The molecule has 0 aliphatic carbocycles. The number of sulfonamides is 1. The van der Waals surface area contributed by atoms with E-state index in [9.17, 15) is 22.8 Å². The van der Waals surface area contributed by atoms with Gasteiger partial charge in [0.15, 0.2) is 0 Å². The van der Waals surface area contributed by atoms with E-state index in [4.69, 9.17) is 0 Å². The molecule has 0 unspecified atom stereocenters. The minimum Gasteiger partial charge on any atom is -0.369 e. The van der Waals surface area contributed by atoms with E-state index in [1.807, 2.05) is 30.3 Å². The van der Waals surface area contributed by atoms with E-state index in [-0.39, 0.29) is 28.5 Å². The normalized spacial score (nSPS) is 17.4. The van der Waals surface area contributed by atoms with Gasteiger partial charge in [-0.1, -0.05) is 30.3 Å². The third-order valence-corrected chi connectivity index (χ3v) is 9.37. The predicted molar refractivity (Wildman–Crippen MR) is 153 cm³/mol. The maximum atomic E-state index is 13.3. The average Bonchev–Trinajstić information content (AvgIpc) is 3.25. The van der Waals surface area contributed by atoms with Crippen molar-refractivity contribution in [1.29, 1.82) is 0 Å². The molecule has 0 bridgehead atoms. The number of imide groups is 1. The number of pyridine rings is 1. The Balaban J connectivity index is 1.17. The SMILES string of the molecule is O=C(NCCN1C(=O)S/C(=C\c2cccnc2)C1=O)c1cccc(S(=O)(=O)N2CCN(c3ccccc3)CC2)c1. The van der Waals surface area contributed by atoms with Gasteiger partial charge in [0.25, 0.3) is 17.1 Å². The summed E-state index contributed by atoms with van der Waals surface area (Å²) in [6.45, 7) is 1.81. The molecule has 0 atom stereocenters. The fourth-order valence-corrected chi connectivity index (χ4v) is 6.79. The van der Waals surface area contributed by atoms with Crippen LogP contribution in [-0.4, -0.2) is 78.9 Å². The standard InChI is InChI=1S/C28H27N5O5S2/c34-26(30-12-13-33-27(35)25(39-28(33)36)18-21-6-5-11-29-20-21)22-7-4-10-24(19-22)40(37,38)32-16-14-31(15-17-32)23-8-2-1-3-9-23/h1-11,18-20H,12-17H2,(H,30,34)/b25-18-. The van der Waals surface area contributed by atoms with Crippen molar-refractivity contribution in [3.63, 3.8) is 0 Å². The number of para-hydroxylation sites is 1. The first-order valence-corrected chi connectivity index (χ1v) is 14.9. The lowest BCUT2D eigenvalue weighted by Gasteiger charge is -2.35. The molecule has 0 radical (unpaired) electrons. The Hall–Kier alpha value is -4.00. The van der Waals surface area contributed by atoms with E-state index in [1.165, 1.54) is 28.6 Å². The van der Waals surface area contributed by atoms with Gasteiger partial charge in [0.1, 0.15) is 0 Å². The van der Waals surface area contributed by atoms with E-state index in [2.05, 4.69) is 15.2 Å². The summed E-state index contributed by atoms with van der Waals surface area (Å²) in [5, 5.41) is 2.25. The molecule has 0 spiro atoms. The fraction of sp³-hybridized carbons (Fsp3) is 0.214.